The van der Waals surface area contributed by atoms with Gasteiger partial charge in [0.15, 0.2) is 17.3 Å². The van der Waals surface area contributed by atoms with Crippen molar-refractivity contribution in [1.29, 1.82) is 0 Å². The Morgan fingerprint density at radius 1 is 0.786 bits per heavy atom. The third kappa shape index (κ3) is 10.1. The number of amides is 3. The summed E-state index contributed by atoms with van der Waals surface area (Å²) in [6.45, 7) is 3.43. The molecule has 42 heavy (non-hydrogen) atoms. The highest BCUT2D eigenvalue weighted by Gasteiger charge is 2.19. The first-order valence-corrected chi connectivity index (χ1v) is 12.4. The summed E-state index contributed by atoms with van der Waals surface area (Å²) in [5.74, 6) is -2.85. The lowest BCUT2D eigenvalue weighted by Gasteiger charge is -2.07. The monoisotopic (exact) mass is 592 g/mol. The second-order valence-electron chi connectivity index (χ2n) is 7.98. The number of nitro groups is 1. The third-order valence-corrected chi connectivity index (χ3v) is 4.93. The van der Waals surface area contributed by atoms with Gasteiger partial charge in [0.25, 0.3) is 17.7 Å². The van der Waals surface area contributed by atoms with E-state index in [0.717, 1.165) is 6.07 Å². The summed E-state index contributed by atoms with van der Waals surface area (Å²) >= 11 is 0. The van der Waals surface area contributed by atoms with Gasteiger partial charge in [0.05, 0.1) is 50.8 Å². The van der Waals surface area contributed by atoms with E-state index in [2.05, 4.69) is 46.5 Å². The minimum atomic E-state index is -0.764. The summed E-state index contributed by atoms with van der Waals surface area (Å²) in [5, 5.41) is 36.3. The zero-order valence-corrected chi connectivity index (χ0v) is 22.3. The first-order valence-electron chi connectivity index (χ1n) is 12.4. The SMILES string of the molecule is CCOC(=O)COCCOCCOCCNC(=O)c1cc(NC(=O)c2cc(NC(=O)c3cc([N+](=O)[O-])n[nH]3)n[nH]2)n[nH]1. The fourth-order valence-electron chi connectivity index (χ4n) is 3.02. The Bertz CT molecular complexity index is 1370. The van der Waals surface area contributed by atoms with Crippen molar-refractivity contribution in [3.8, 4) is 0 Å². The van der Waals surface area contributed by atoms with Gasteiger partial charge in [0, 0.05) is 18.7 Å². The highest BCUT2D eigenvalue weighted by atomic mass is 16.6. The van der Waals surface area contributed by atoms with Crippen LogP contribution in [0.15, 0.2) is 18.2 Å². The fraction of sp³-hybridized carbons (Fsp3) is 0.409. The van der Waals surface area contributed by atoms with E-state index >= 15 is 0 Å². The van der Waals surface area contributed by atoms with Crippen LogP contribution in [-0.2, 0) is 23.7 Å². The summed E-state index contributed by atoms with van der Waals surface area (Å²) in [4.78, 5) is 57.9. The Labute approximate surface area is 236 Å². The molecule has 0 aliphatic rings. The molecule has 0 radical (unpaired) electrons. The van der Waals surface area contributed by atoms with Crippen LogP contribution in [0.5, 0.6) is 0 Å². The number of esters is 1. The molecule has 20 nitrogen and oxygen atoms in total. The van der Waals surface area contributed by atoms with Crippen LogP contribution < -0.4 is 16.0 Å². The molecule has 6 N–H and O–H groups in total. The Hall–Kier alpha value is -5.21. The predicted octanol–water partition coefficient (Wildman–Crippen LogP) is -0.389. The van der Waals surface area contributed by atoms with Crippen molar-refractivity contribution in [3.05, 3.63) is 45.4 Å². The van der Waals surface area contributed by atoms with Gasteiger partial charge in [0.2, 0.25) is 0 Å². The molecule has 3 aromatic heterocycles. The zero-order chi connectivity index (χ0) is 30.3. The lowest BCUT2D eigenvalue weighted by molar-refractivity contribution is -0.389. The number of nitrogens with one attached hydrogen (secondary N) is 6. The second-order valence-corrected chi connectivity index (χ2v) is 7.98. The van der Waals surface area contributed by atoms with Crippen LogP contribution in [0.25, 0.3) is 0 Å². The van der Waals surface area contributed by atoms with Gasteiger partial charge >= 0.3 is 11.8 Å². The van der Waals surface area contributed by atoms with E-state index < -0.39 is 34.4 Å². The van der Waals surface area contributed by atoms with Gasteiger partial charge < -0.3 is 45.0 Å². The first-order chi connectivity index (χ1) is 20.3. The van der Waals surface area contributed by atoms with E-state index in [4.69, 9.17) is 18.9 Å². The maximum absolute atomic E-state index is 12.5. The van der Waals surface area contributed by atoms with Crippen LogP contribution in [0.1, 0.15) is 38.4 Å². The third-order valence-electron chi connectivity index (χ3n) is 4.93. The van der Waals surface area contributed by atoms with Crippen LogP contribution in [0, 0.1) is 10.1 Å². The molecule has 3 rings (SSSR count). The fourth-order valence-corrected chi connectivity index (χ4v) is 3.02. The molecule has 3 aromatic rings. The Balaban J connectivity index is 1.30. The van der Waals surface area contributed by atoms with Gasteiger partial charge in [-0.25, -0.2) is 4.79 Å². The topological polar surface area (TPSA) is 270 Å². The van der Waals surface area contributed by atoms with Gasteiger partial charge in [-0.2, -0.15) is 15.3 Å². The van der Waals surface area contributed by atoms with E-state index in [9.17, 15) is 29.3 Å². The highest BCUT2D eigenvalue weighted by molar-refractivity contribution is 6.05. The van der Waals surface area contributed by atoms with Crippen molar-refractivity contribution in [1.82, 2.24) is 35.9 Å². The van der Waals surface area contributed by atoms with Crippen LogP contribution in [-0.4, -0.2) is 112 Å². The Morgan fingerprint density at radius 2 is 1.31 bits per heavy atom. The minimum Gasteiger partial charge on any atom is -0.464 e. The van der Waals surface area contributed by atoms with E-state index in [1.165, 1.54) is 12.1 Å². The molecule has 226 valence electrons. The van der Waals surface area contributed by atoms with Gasteiger partial charge in [-0.15, -0.1) is 0 Å². The zero-order valence-electron chi connectivity index (χ0n) is 22.3. The smallest absolute Gasteiger partial charge is 0.390 e. The molecule has 20 heteroatoms. The predicted molar refractivity (Wildman–Crippen MR) is 140 cm³/mol. The Kier molecular flexibility index (Phi) is 12.0. The maximum Gasteiger partial charge on any atom is 0.390 e. The molecule has 0 aliphatic carbocycles. The number of ether oxygens (including phenoxy) is 4. The highest BCUT2D eigenvalue weighted by Crippen LogP contribution is 2.13. The molecule has 0 saturated carbocycles. The number of carbonyl (C=O) groups is 4. The van der Waals surface area contributed by atoms with Crippen molar-refractivity contribution in [2.75, 3.05) is 63.4 Å². The summed E-state index contributed by atoms with van der Waals surface area (Å²) < 4.78 is 20.5. The van der Waals surface area contributed by atoms with Crippen molar-refractivity contribution in [2.24, 2.45) is 0 Å². The van der Waals surface area contributed by atoms with Crippen LogP contribution >= 0.6 is 0 Å². The summed E-state index contributed by atoms with van der Waals surface area (Å²) in [5.41, 5.74) is -0.132. The number of aromatic amines is 3. The van der Waals surface area contributed by atoms with Gasteiger partial charge in [-0.05, 0) is 11.8 Å². The number of rotatable bonds is 18. The lowest BCUT2D eigenvalue weighted by Crippen LogP contribution is -2.28. The largest absolute Gasteiger partial charge is 0.464 e. The van der Waals surface area contributed by atoms with Crippen molar-refractivity contribution in [2.45, 2.75) is 6.92 Å². The minimum absolute atomic E-state index is 0.0293. The molecule has 0 atom stereocenters. The van der Waals surface area contributed by atoms with Crippen LogP contribution in [0.2, 0.25) is 0 Å². The number of aromatic nitrogens is 6. The Morgan fingerprint density at radius 3 is 1.88 bits per heavy atom. The number of anilines is 2. The van der Waals surface area contributed by atoms with E-state index in [-0.39, 0.29) is 61.7 Å². The number of H-pyrrole nitrogens is 3. The summed E-state index contributed by atoms with van der Waals surface area (Å²) in [7, 11) is 0. The molecule has 0 saturated heterocycles. The van der Waals surface area contributed by atoms with Gasteiger partial charge in [-0.1, -0.05) is 0 Å². The lowest BCUT2D eigenvalue weighted by atomic mass is 10.3. The van der Waals surface area contributed by atoms with Gasteiger partial charge in [0.1, 0.15) is 18.0 Å². The van der Waals surface area contributed by atoms with E-state index in [0.29, 0.717) is 19.8 Å². The van der Waals surface area contributed by atoms with Crippen LogP contribution in [0.3, 0.4) is 0 Å². The maximum atomic E-state index is 12.5. The normalized spacial score (nSPS) is 10.7. The first kappa shape index (κ1) is 31.3. The van der Waals surface area contributed by atoms with Crippen LogP contribution in [0.4, 0.5) is 17.5 Å². The summed E-state index contributed by atoms with van der Waals surface area (Å²) in [6, 6.07) is 3.49. The molecule has 0 aromatic carbocycles. The van der Waals surface area contributed by atoms with Crippen molar-refractivity contribution < 1.29 is 43.0 Å². The molecule has 3 amide bonds. The quantitative estimate of drug-likeness (QED) is 0.0476. The number of nitrogens with zero attached hydrogens (tertiary/aromatic N) is 4. The van der Waals surface area contributed by atoms with Gasteiger partial charge in [-0.3, -0.25) is 24.6 Å². The molecule has 0 bridgehead atoms. The molecule has 0 spiro atoms. The van der Waals surface area contributed by atoms with E-state index in [1.54, 1.807) is 6.92 Å². The van der Waals surface area contributed by atoms with Crippen molar-refractivity contribution >= 4 is 41.1 Å². The molecule has 0 unspecified atom stereocenters. The van der Waals surface area contributed by atoms with Crippen molar-refractivity contribution in [3.63, 3.8) is 0 Å². The molecule has 0 fully saturated rings. The molecule has 3 heterocycles. The average Bonchev–Trinajstić information content (AvgIpc) is 3.73. The number of hydrogen-bond acceptors (Lipinski definition) is 13. The number of carbonyl (C=O) groups excluding carboxylic acids is 4. The second kappa shape index (κ2) is 16.2. The summed E-state index contributed by atoms with van der Waals surface area (Å²) in [6.07, 6.45) is 0. The standard InChI is InChI=1S/C22H28N10O10/c1-2-42-19(33)12-41-8-7-40-6-5-39-4-3-23-20(34)13-9-16(29-26-13)24-21(35)14-10-17(30-27-14)25-22(36)15-11-18(31-28-15)32(37)38/h9-11H,2-8,12H2,1H3,(H,23,34)(H,28,31)(H2,24,26,29,35)(H2,25,27,30,36). The van der Waals surface area contributed by atoms with E-state index in [1.807, 2.05) is 0 Å². The number of hydrogen-bond donors (Lipinski definition) is 6. The average molecular weight is 593 g/mol. The molecular formula is C22H28N10O10. The molecule has 0 aliphatic heterocycles. The molecular weight excluding hydrogens is 564 g/mol.